The Morgan fingerprint density at radius 1 is 1.03 bits per heavy atom. The summed E-state index contributed by atoms with van der Waals surface area (Å²) in [5.41, 5.74) is 11.1. The van der Waals surface area contributed by atoms with Crippen molar-refractivity contribution in [3.63, 3.8) is 0 Å². The molecule has 3 aromatic carbocycles. The molecule has 0 bridgehead atoms. The standard InChI is InChI=1S/C25H28N4O/c1-28(2)22-14-15-29(17-22)21-11-8-19(9-12-21)25(30)27-24-16-20(26)10-13-23(24)18-6-4-3-5-7-18/h3-13,16,22H,14-15,17,26H2,1-2H3,(H,27,30)/t22-/m1/s1. The number of nitrogen functional groups attached to an aromatic ring is 1. The summed E-state index contributed by atoms with van der Waals surface area (Å²) >= 11 is 0. The summed E-state index contributed by atoms with van der Waals surface area (Å²) in [6.07, 6.45) is 1.16. The molecular formula is C25H28N4O. The van der Waals surface area contributed by atoms with Gasteiger partial charge in [0.2, 0.25) is 0 Å². The van der Waals surface area contributed by atoms with Gasteiger partial charge in [-0.1, -0.05) is 36.4 Å². The Balaban J connectivity index is 1.50. The minimum absolute atomic E-state index is 0.142. The fourth-order valence-electron chi connectivity index (χ4n) is 3.95. The van der Waals surface area contributed by atoms with Crippen molar-refractivity contribution in [2.75, 3.05) is 43.1 Å². The molecule has 30 heavy (non-hydrogen) atoms. The van der Waals surface area contributed by atoms with E-state index >= 15 is 0 Å². The van der Waals surface area contributed by atoms with E-state index < -0.39 is 0 Å². The zero-order valence-electron chi connectivity index (χ0n) is 17.5. The molecule has 154 valence electrons. The number of anilines is 3. The van der Waals surface area contributed by atoms with E-state index in [9.17, 15) is 4.79 Å². The second kappa shape index (κ2) is 8.59. The number of nitrogens with zero attached hydrogens (tertiary/aromatic N) is 2. The van der Waals surface area contributed by atoms with Crippen LogP contribution in [0.1, 0.15) is 16.8 Å². The van der Waals surface area contributed by atoms with Gasteiger partial charge in [-0.15, -0.1) is 0 Å². The number of rotatable bonds is 5. The highest BCUT2D eigenvalue weighted by Crippen LogP contribution is 2.30. The molecular weight excluding hydrogens is 372 g/mol. The van der Waals surface area contributed by atoms with Gasteiger partial charge in [0, 0.05) is 41.6 Å². The maximum absolute atomic E-state index is 12.9. The first-order chi connectivity index (χ1) is 14.5. The number of amides is 1. The zero-order valence-corrected chi connectivity index (χ0v) is 17.5. The number of carbonyl (C=O) groups excluding carboxylic acids is 1. The van der Waals surface area contributed by atoms with Gasteiger partial charge in [0.25, 0.3) is 5.91 Å². The third-order valence-corrected chi connectivity index (χ3v) is 5.76. The maximum Gasteiger partial charge on any atom is 0.255 e. The molecule has 5 nitrogen and oxygen atoms in total. The Bertz CT molecular complexity index is 1020. The van der Waals surface area contributed by atoms with Crippen LogP contribution in [-0.2, 0) is 0 Å². The van der Waals surface area contributed by atoms with E-state index in [4.69, 9.17) is 5.73 Å². The molecule has 0 unspecified atom stereocenters. The fraction of sp³-hybridized carbons (Fsp3) is 0.240. The number of nitrogens with one attached hydrogen (secondary N) is 1. The van der Waals surface area contributed by atoms with Crippen molar-refractivity contribution in [2.24, 2.45) is 0 Å². The van der Waals surface area contributed by atoms with Crippen LogP contribution in [0.15, 0.2) is 72.8 Å². The number of likely N-dealkylation sites (N-methyl/N-ethyl adjacent to an activating group) is 1. The first-order valence-electron chi connectivity index (χ1n) is 10.3. The lowest BCUT2D eigenvalue weighted by molar-refractivity contribution is 0.102. The Morgan fingerprint density at radius 2 is 1.77 bits per heavy atom. The zero-order chi connectivity index (χ0) is 21.1. The average molecular weight is 401 g/mol. The van der Waals surface area contributed by atoms with Gasteiger partial charge in [-0.25, -0.2) is 0 Å². The summed E-state index contributed by atoms with van der Waals surface area (Å²) in [6.45, 7) is 2.06. The normalized spacial score (nSPS) is 16.1. The molecule has 3 N–H and O–H groups in total. The molecule has 0 saturated carbocycles. The van der Waals surface area contributed by atoms with Crippen LogP contribution in [0.4, 0.5) is 17.1 Å². The number of hydrogen-bond donors (Lipinski definition) is 2. The lowest BCUT2D eigenvalue weighted by atomic mass is 10.0. The first-order valence-corrected chi connectivity index (χ1v) is 10.3. The summed E-state index contributed by atoms with van der Waals surface area (Å²) in [5.74, 6) is -0.142. The molecule has 4 rings (SSSR count). The van der Waals surface area contributed by atoms with E-state index in [2.05, 4.69) is 29.2 Å². The number of benzene rings is 3. The molecule has 0 aromatic heterocycles. The molecule has 1 aliphatic rings. The van der Waals surface area contributed by atoms with Gasteiger partial charge >= 0.3 is 0 Å². The highest BCUT2D eigenvalue weighted by molar-refractivity contribution is 6.06. The molecule has 0 radical (unpaired) electrons. The molecule has 1 atom stereocenters. The van der Waals surface area contributed by atoms with E-state index in [1.54, 1.807) is 6.07 Å². The predicted molar refractivity (Wildman–Crippen MR) is 125 cm³/mol. The highest BCUT2D eigenvalue weighted by atomic mass is 16.1. The maximum atomic E-state index is 12.9. The smallest absolute Gasteiger partial charge is 0.255 e. The minimum atomic E-state index is -0.142. The van der Waals surface area contributed by atoms with Crippen molar-refractivity contribution in [2.45, 2.75) is 12.5 Å². The van der Waals surface area contributed by atoms with Crippen LogP contribution in [0.2, 0.25) is 0 Å². The molecule has 1 aliphatic heterocycles. The topological polar surface area (TPSA) is 61.6 Å². The highest BCUT2D eigenvalue weighted by Gasteiger charge is 2.24. The molecule has 0 spiro atoms. The van der Waals surface area contributed by atoms with E-state index in [1.807, 2.05) is 66.7 Å². The van der Waals surface area contributed by atoms with Crippen LogP contribution in [0, 0.1) is 0 Å². The van der Waals surface area contributed by atoms with Crippen molar-refractivity contribution in [3.05, 3.63) is 78.4 Å². The van der Waals surface area contributed by atoms with Crippen molar-refractivity contribution in [1.82, 2.24) is 4.90 Å². The van der Waals surface area contributed by atoms with Gasteiger partial charge in [0.15, 0.2) is 0 Å². The van der Waals surface area contributed by atoms with E-state index in [0.29, 0.717) is 23.0 Å². The molecule has 1 fully saturated rings. The molecule has 1 saturated heterocycles. The predicted octanol–water partition coefficient (Wildman–Crippen LogP) is 4.33. The molecule has 5 heteroatoms. The molecule has 1 heterocycles. The van der Waals surface area contributed by atoms with Crippen LogP contribution < -0.4 is 16.0 Å². The average Bonchev–Trinajstić information content (AvgIpc) is 3.25. The Kier molecular flexibility index (Phi) is 5.72. The van der Waals surface area contributed by atoms with Gasteiger partial charge in [-0.05, 0) is 62.5 Å². The summed E-state index contributed by atoms with van der Waals surface area (Å²) in [6, 6.07) is 24.0. The van der Waals surface area contributed by atoms with Crippen LogP contribution in [0.5, 0.6) is 0 Å². The SMILES string of the molecule is CN(C)[C@@H]1CCN(c2ccc(C(=O)Nc3cc(N)ccc3-c3ccccc3)cc2)C1. The van der Waals surface area contributed by atoms with Gasteiger partial charge in [0.05, 0.1) is 5.69 Å². The summed E-state index contributed by atoms with van der Waals surface area (Å²) in [4.78, 5) is 17.6. The van der Waals surface area contributed by atoms with Gasteiger partial charge < -0.3 is 20.9 Å². The Hall–Kier alpha value is -3.31. The lowest BCUT2D eigenvalue weighted by Crippen LogP contribution is -2.31. The third-order valence-electron chi connectivity index (χ3n) is 5.76. The van der Waals surface area contributed by atoms with Crippen molar-refractivity contribution in [3.8, 4) is 11.1 Å². The van der Waals surface area contributed by atoms with Crippen LogP contribution in [0.25, 0.3) is 11.1 Å². The number of nitrogens with two attached hydrogens (primary N) is 1. The van der Waals surface area contributed by atoms with Gasteiger partial charge in [0.1, 0.15) is 0 Å². The second-order valence-corrected chi connectivity index (χ2v) is 8.02. The largest absolute Gasteiger partial charge is 0.399 e. The summed E-state index contributed by atoms with van der Waals surface area (Å²) < 4.78 is 0. The van der Waals surface area contributed by atoms with Crippen molar-refractivity contribution >= 4 is 23.0 Å². The third kappa shape index (κ3) is 4.31. The Labute approximate surface area is 178 Å². The van der Waals surface area contributed by atoms with Crippen LogP contribution in [0.3, 0.4) is 0 Å². The number of carbonyl (C=O) groups is 1. The van der Waals surface area contributed by atoms with Crippen LogP contribution in [-0.4, -0.2) is 44.0 Å². The second-order valence-electron chi connectivity index (χ2n) is 8.02. The monoisotopic (exact) mass is 400 g/mol. The minimum Gasteiger partial charge on any atom is -0.399 e. The fourth-order valence-corrected chi connectivity index (χ4v) is 3.95. The van der Waals surface area contributed by atoms with Crippen molar-refractivity contribution in [1.29, 1.82) is 0 Å². The number of hydrogen-bond acceptors (Lipinski definition) is 4. The summed E-state index contributed by atoms with van der Waals surface area (Å²) in [7, 11) is 4.25. The lowest BCUT2D eigenvalue weighted by Gasteiger charge is -2.22. The van der Waals surface area contributed by atoms with Crippen molar-refractivity contribution < 1.29 is 4.79 Å². The van der Waals surface area contributed by atoms with Crippen LogP contribution >= 0.6 is 0 Å². The van der Waals surface area contributed by atoms with E-state index in [1.165, 1.54) is 0 Å². The molecule has 1 amide bonds. The first kappa shape index (κ1) is 20.0. The van der Waals surface area contributed by atoms with Gasteiger partial charge in [-0.3, -0.25) is 4.79 Å². The molecule has 0 aliphatic carbocycles. The van der Waals surface area contributed by atoms with E-state index in [-0.39, 0.29) is 5.91 Å². The van der Waals surface area contributed by atoms with Gasteiger partial charge in [-0.2, -0.15) is 0 Å². The molecule has 3 aromatic rings. The Morgan fingerprint density at radius 3 is 2.43 bits per heavy atom. The van der Waals surface area contributed by atoms with E-state index in [0.717, 1.165) is 36.3 Å². The quantitative estimate of drug-likeness (QED) is 0.626. The summed E-state index contributed by atoms with van der Waals surface area (Å²) in [5, 5.41) is 3.04.